The number of halogens is 1. The Morgan fingerprint density at radius 1 is 1.42 bits per heavy atom. The SMILES string of the molecule is CS(=O)(=O)CCSc1cccc(Cl)c1CNC1CC1. The Kier molecular flexibility index (Phi) is 5.17. The zero-order valence-corrected chi connectivity index (χ0v) is 13.2. The predicted molar refractivity (Wildman–Crippen MR) is 81.7 cm³/mol. The van der Waals surface area contributed by atoms with Crippen molar-refractivity contribution in [1.29, 1.82) is 0 Å². The molecule has 0 amide bonds. The van der Waals surface area contributed by atoms with Crippen molar-refractivity contribution in [3.8, 4) is 0 Å². The molecule has 0 heterocycles. The molecule has 0 atom stereocenters. The smallest absolute Gasteiger partial charge is 0.148 e. The fourth-order valence-electron chi connectivity index (χ4n) is 1.68. The average molecular weight is 320 g/mol. The number of thioether (sulfide) groups is 1. The van der Waals surface area contributed by atoms with Crippen LogP contribution in [-0.2, 0) is 16.4 Å². The molecule has 1 aliphatic rings. The molecule has 3 nitrogen and oxygen atoms in total. The third-order valence-electron chi connectivity index (χ3n) is 2.93. The monoisotopic (exact) mass is 319 g/mol. The number of nitrogens with one attached hydrogen (secondary N) is 1. The average Bonchev–Trinajstić information content (AvgIpc) is 3.10. The maximum atomic E-state index is 11.1. The number of benzene rings is 1. The highest BCUT2D eigenvalue weighted by molar-refractivity contribution is 8.00. The van der Waals surface area contributed by atoms with Crippen molar-refractivity contribution in [2.45, 2.75) is 30.3 Å². The molecule has 0 aliphatic heterocycles. The molecule has 2 rings (SSSR count). The maximum Gasteiger partial charge on any atom is 0.148 e. The van der Waals surface area contributed by atoms with Crippen molar-refractivity contribution < 1.29 is 8.42 Å². The van der Waals surface area contributed by atoms with Gasteiger partial charge >= 0.3 is 0 Å². The van der Waals surface area contributed by atoms with Crippen LogP contribution in [0.4, 0.5) is 0 Å². The molecule has 1 fully saturated rings. The van der Waals surface area contributed by atoms with Crippen LogP contribution < -0.4 is 5.32 Å². The fraction of sp³-hybridized carbons (Fsp3) is 0.538. The summed E-state index contributed by atoms with van der Waals surface area (Å²) in [4.78, 5) is 1.07. The molecule has 1 aromatic rings. The van der Waals surface area contributed by atoms with Gasteiger partial charge in [0.05, 0.1) is 5.75 Å². The largest absolute Gasteiger partial charge is 0.310 e. The number of hydrogen-bond acceptors (Lipinski definition) is 4. The third-order valence-corrected chi connectivity index (χ3v) is 5.59. The summed E-state index contributed by atoms with van der Waals surface area (Å²) >= 11 is 7.79. The summed E-state index contributed by atoms with van der Waals surface area (Å²) in [7, 11) is -2.90. The van der Waals surface area contributed by atoms with Gasteiger partial charge in [0.25, 0.3) is 0 Å². The molecule has 106 valence electrons. The van der Waals surface area contributed by atoms with Gasteiger partial charge in [0, 0.05) is 34.5 Å². The van der Waals surface area contributed by atoms with Crippen molar-refractivity contribution in [2.24, 2.45) is 0 Å². The standard InChI is InChI=1S/C13H18ClNO2S2/c1-19(16,17)8-7-18-13-4-2-3-12(14)11(13)9-15-10-5-6-10/h2-4,10,15H,5-9H2,1H3. The fourth-order valence-corrected chi connectivity index (χ4v) is 4.28. The Bertz CT molecular complexity index is 542. The van der Waals surface area contributed by atoms with Gasteiger partial charge in [-0.2, -0.15) is 0 Å². The van der Waals surface area contributed by atoms with Gasteiger partial charge in [-0.3, -0.25) is 0 Å². The van der Waals surface area contributed by atoms with Crippen molar-refractivity contribution in [2.75, 3.05) is 17.8 Å². The van der Waals surface area contributed by atoms with E-state index < -0.39 is 9.84 Å². The van der Waals surface area contributed by atoms with Gasteiger partial charge in [0.15, 0.2) is 0 Å². The van der Waals surface area contributed by atoms with Gasteiger partial charge in [-0.1, -0.05) is 17.7 Å². The second-order valence-corrected chi connectivity index (χ2v) is 8.65. The molecule has 0 spiro atoms. The van der Waals surface area contributed by atoms with Crippen LogP contribution in [0.15, 0.2) is 23.1 Å². The lowest BCUT2D eigenvalue weighted by atomic mass is 10.2. The Morgan fingerprint density at radius 3 is 2.79 bits per heavy atom. The summed E-state index contributed by atoms with van der Waals surface area (Å²) < 4.78 is 22.3. The molecule has 1 saturated carbocycles. The summed E-state index contributed by atoms with van der Waals surface area (Å²) in [5, 5.41) is 4.19. The lowest BCUT2D eigenvalue weighted by molar-refractivity contribution is 0.603. The van der Waals surface area contributed by atoms with Crippen LogP contribution in [0.5, 0.6) is 0 Å². The van der Waals surface area contributed by atoms with Gasteiger partial charge in [0.1, 0.15) is 9.84 Å². The van der Waals surface area contributed by atoms with Gasteiger partial charge in [-0.05, 0) is 30.5 Å². The van der Waals surface area contributed by atoms with Crippen molar-refractivity contribution >= 4 is 33.2 Å². The van der Waals surface area contributed by atoms with E-state index in [4.69, 9.17) is 11.6 Å². The summed E-state index contributed by atoms with van der Waals surface area (Å²) in [6, 6.07) is 6.42. The Hall–Kier alpha value is -0.230. The normalized spacial score (nSPS) is 15.7. The minimum atomic E-state index is -2.90. The highest BCUT2D eigenvalue weighted by atomic mass is 35.5. The first-order chi connectivity index (χ1) is 8.96. The van der Waals surface area contributed by atoms with E-state index in [1.54, 1.807) is 11.8 Å². The van der Waals surface area contributed by atoms with E-state index in [9.17, 15) is 8.42 Å². The lowest BCUT2D eigenvalue weighted by Crippen LogP contribution is -2.16. The van der Waals surface area contributed by atoms with Crippen LogP contribution in [0.1, 0.15) is 18.4 Å². The van der Waals surface area contributed by atoms with E-state index >= 15 is 0 Å². The van der Waals surface area contributed by atoms with E-state index in [1.807, 2.05) is 18.2 Å². The van der Waals surface area contributed by atoms with E-state index in [0.717, 1.165) is 22.0 Å². The van der Waals surface area contributed by atoms with Crippen LogP contribution in [-0.4, -0.2) is 32.2 Å². The highest BCUT2D eigenvalue weighted by Crippen LogP contribution is 2.29. The van der Waals surface area contributed by atoms with Crippen LogP contribution >= 0.6 is 23.4 Å². The zero-order chi connectivity index (χ0) is 13.9. The van der Waals surface area contributed by atoms with Gasteiger partial charge in [-0.15, -0.1) is 11.8 Å². The van der Waals surface area contributed by atoms with Crippen molar-refractivity contribution in [3.05, 3.63) is 28.8 Å². The van der Waals surface area contributed by atoms with E-state index in [1.165, 1.54) is 19.1 Å². The molecular weight excluding hydrogens is 302 g/mol. The summed E-state index contributed by atoms with van der Waals surface area (Å²) in [5.41, 5.74) is 1.08. The second-order valence-electron chi connectivity index (χ2n) is 4.85. The molecule has 1 aromatic carbocycles. The number of hydrogen-bond donors (Lipinski definition) is 1. The number of rotatable bonds is 7. The zero-order valence-electron chi connectivity index (χ0n) is 10.9. The first kappa shape index (κ1) is 15.2. The minimum absolute atomic E-state index is 0.194. The summed E-state index contributed by atoms with van der Waals surface area (Å²) in [6.45, 7) is 0.756. The van der Waals surface area contributed by atoms with E-state index in [2.05, 4.69) is 5.32 Å². The maximum absolute atomic E-state index is 11.1. The molecular formula is C13H18ClNO2S2. The van der Waals surface area contributed by atoms with Crippen LogP contribution in [0.25, 0.3) is 0 Å². The molecule has 0 unspecified atom stereocenters. The van der Waals surface area contributed by atoms with E-state index in [-0.39, 0.29) is 5.75 Å². The summed E-state index contributed by atoms with van der Waals surface area (Å²) in [5.74, 6) is 0.759. The van der Waals surface area contributed by atoms with Crippen molar-refractivity contribution in [1.82, 2.24) is 5.32 Å². The van der Waals surface area contributed by atoms with E-state index in [0.29, 0.717) is 11.8 Å². The molecule has 19 heavy (non-hydrogen) atoms. The van der Waals surface area contributed by atoms with Gasteiger partial charge in [-0.25, -0.2) is 8.42 Å². The van der Waals surface area contributed by atoms with Gasteiger partial charge < -0.3 is 5.32 Å². The molecule has 0 radical (unpaired) electrons. The van der Waals surface area contributed by atoms with Crippen molar-refractivity contribution in [3.63, 3.8) is 0 Å². The van der Waals surface area contributed by atoms with Gasteiger partial charge in [0.2, 0.25) is 0 Å². The lowest BCUT2D eigenvalue weighted by Gasteiger charge is -2.11. The third kappa shape index (κ3) is 5.34. The molecule has 0 bridgehead atoms. The molecule has 6 heteroatoms. The summed E-state index contributed by atoms with van der Waals surface area (Å²) in [6.07, 6.45) is 3.74. The first-order valence-corrected chi connectivity index (χ1v) is 9.69. The van der Waals surface area contributed by atoms with Crippen LogP contribution in [0, 0.1) is 0 Å². The first-order valence-electron chi connectivity index (χ1n) is 6.27. The highest BCUT2D eigenvalue weighted by Gasteiger charge is 2.21. The Balaban J connectivity index is 1.99. The van der Waals surface area contributed by atoms with Crippen LogP contribution in [0.3, 0.4) is 0 Å². The molecule has 0 saturated heterocycles. The number of sulfone groups is 1. The molecule has 1 aliphatic carbocycles. The second kappa shape index (κ2) is 6.48. The predicted octanol–water partition coefficient (Wildman–Crippen LogP) is 2.73. The molecule has 1 N–H and O–H groups in total. The minimum Gasteiger partial charge on any atom is -0.310 e. The topological polar surface area (TPSA) is 46.2 Å². The Labute approximate surface area is 124 Å². The van der Waals surface area contributed by atoms with Crippen LogP contribution in [0.2, 0.25) is 5.02 Å². The quantitative estimate of drug-likeness (QED) is 0.785. The molecule has 0 aromatic heterocycles. The Morgan fingerprint density at radius 2 is 2.16 bits per heavy atom.